The van der Waals surface area contributed by atoms with Crippen LogP contribution in [0.15, 0.2) is 12.1 Å². The molecule has 0 aliphatic rings. The number of nitrogens with one attached hydrogen (secondary N) is 1. The number of carbonyl (C=O) groups is 2. The van der Waals surface area contributed by atoms with Gasteiger partial charge in [0.2, 0.25) is 0 Å². The van der Waals surface area contributed by atoms with Crippen LogP contribution in [-0.4, -0.2) is 49.2 Å². The highest BCUT2D eigenvalue weighted by molar-refractivity contribution is 6.03. The zero-order valence-electron chi connectivity index (χ0n) is 17.0. The Bertz CT molecular complexity index is 631. The fraction of sp³-hybridized carbons (Fsp3) is 0.550. The Kier molecular flexibility index (Phi) is 8.08. The first-order valence-corrected chi connectivity index (χ1v) is 9.13. The highest BCUT2D eigenvalue weighted by Gasteiger charge is 2.30. The summed E-state index contributed by atoms with van der Waals surface area (Å²) < 4.78 is 11.0. The van der Waals surface area contributed by atoms with Gasteiger partial charge in [0.25, 0.3) is 5.91 Å². The van der Waals surface area contributed by atoms with E-state index in [4.69, 9.17) is 9.47 Å². The van der Waals surface area contributed by atoms with Crippen molar-refractivity contribution in [1.82, 2.24) is 0 Å². The van der Waals surface area contributed by atoms with E-state index in [9.17, 15) is 9.59 Å². The van der Waals surface area contributed by atoms with Gasteiger partial charge in [-0.3, -0.25) is 4.79 Å². The monoisotopic (exact) mass is 364 g/mol. The number of hydrogen-bond acceptors (Lipinski definition) is 4. The second-order valence-corrected chi connectivity index (χ2v) is 6.25. The van der Waals surface area contributed by atoms with Gasteiger partial charge in [0.05, 0.1) is 38.1 Å². The fourth-order valence-electron chi connectivity index (χ4n) is 3.23. The second kappa shape index (κ2) is 9.57. The number of methoxy groups -OCH3 is 1. The second-order valence-electron chi connectivity index (χ2n) is 6.25. The molecule has 1 rings (SSSR count). The molecule has 1 unspecified atom stereocenters. The molecule has 0 aliphatic heterocycles. The highest BCUT2D eigenvalue weighted by atomic mass is 16.5. The molecule has 0 saturated carbocycles. The number of rotatable bonds is 9. The third-order valence-corrected chi connectivity index (χ3v) is 5.13. The number of amides is 1. The fourth-order valence-corrected chi connectivity index (χ4v) is 3.23. The quantitative estimate of drug-likeness (QED) is 0.413. The zero-order chi connectivity index (χ0) is 19.9. The van der Waals surface area contributed by atoms with Gasteiger partial charge in [0.15, 0.2) is 0 Å². The average Bonchev–Trinajstić information content (AvgIpc) is 2.64. The molecular formula is C20H32N2O4. The van der Waals surface area contributed by atoms with Gasteiger partial charge in [-0.2, -0.15) is 0 Å². The lowest BCUT2D eigenvalue weighted by molar-refractivity contribution is -0.909. The maximum absolute atomic E-state index is 12.9. The Balaban J connectivity index is 3.26. The van der Waals surface area contributed by atoms with E-state index in [2.05, 4.69) is 25.7 Å². The summed E-state index contributed by atoms with van der Waals surface area (Å²) in [6.45, 7) is 15.5. The maximum atomic E-state index is 12.9. The molecule has 0 fully saturated rings. The van der Waals surface area contributed by atoms with Crippen molar-refractivity contribution in [2.45, 2.75) is 47.6 Å². The first-order chi connectivity index (χ1) is 12.3. The molecule has 6 heteroatoms. The summed E-state index contributed by atoms with van der Waals surface area (Å²) in [7, 11) is 1.54. The van der Waals surface area contributed by atoms with E-state index in [1.165, 1.54) is 7.11 Å². The number of anilines is 1. The molecule has 1 aromatic rings. The normalized spacial score (nSPS) is 12.4. The lowest BCUT2D eigenvalue weighted by Crippen LogP contribution is -2.56. The van der Waals surface area contributed by atoms with Crippen molar-refractivity contribution in [3.8, 4) is 5.75 Å². The van der Waals surface area contributed by atoms with Crippen molar-refractivity contribution >= 4 is 17.6 Å². The molecule has 0 aromatic heterocycles. The topological polar surface area (TPSA) is 64.6 Å². The summed E-state index contributed by atoms with van der Waals surface area (Å²) in [5.74, 6) is -0.0670. The summed E-state index contributed by atoms with van der Waals surface area (Å²) in [5, 5.41) is 2.95. The van der Waals surface area contributed by atoms with Crippen LogP contribution < -0.4 is 10.1 Å². The number of benzene rings is 1. The summed E-state index contributed by atoms with van der Waals surface area (Å²) in [6.07, 6.45) is 0. The van der Waals surface area contributed by atoms with Gasteiger partial charge in [0, 0.05) is 0 Å². The van der Waals surface area contributed by atoms with Gasteiger partial charge >= 0.3 is 5.97 Å². The Labute approximate surface area is 157 Å². The van der Waals surface area contributed by atoms with E-state index in [0.29, 0.717) is 21.5 Å². The number of nitrogens with zero attached hydrogens (tertiary/aromatic N) is 1. The predicted molar refractivity (Wildman–Crippen MR) is 103 cm³/mol. The molecule has 0 bridgehead atoms. The predicted octanol–water partition coefficient (Wildman–Crippen LogP) is 3.55. The third-order valence-electron chi connectivity index (χ3n) is 5.13. The third kappa shape index (κ3) is 4.55. The Hall–Kier alpha value is -2.08. The molecule has 1 amide bonds. The van der Waals surface area contributed by atoms with Crippen LogP contribution >= 0.6 is 0 Å². The van der Waals surface area contributed by atoms with Crippen molar-refractivity contribution in [1.29, 1.82) is 0 Å². The van der Waals surface area contributed by atoms with Crippen molar-refractivity contribution in [2.24, 2.45) is 0 Å². The molecular weight excluding hydrogens is 332 g/mol. The van der Waals surface area contributed by atoms with E-state index in [1.807, 2.05) is 20.8 Å². The number of quaternary nitrogens is 1. The molecule has 0 spiro atoms. The molecule has 1 N–H and O–H groups in total. The lowest BCUT2D eigenvalue weighted by atomic mass is 10.1. The Morgan fingerprint density at radius 2 is 1.85 bits per heavy atom. The first-order valence-electron chi connectivity index (χ1n) is 9.13. The minimum atomic E-state index is -0.480. The standard InChI is InChI=1S/C20H32N2O4/c1-8-22(9-2,10-3)15(6)19(23)21-18-14(5)12-16(25-7)13-17(18)20(24)26-11-4/h8,12-13,15H,9-11H2,1-7H3,(H,21,23). The van der Waals surface area contributed by atoms with Crippen LogP contribution in [-0.2, 0) is 9.53 Å². The average molecular weight is 364 g/mol. The molecule has 146 valence electrons. The molecule has 0 saturated heterocycles. The number of carbonyl (C=O) groups excluding carboxylic acids is 2. The van der Waals surface area contributed by atoms with Gasteiger partial charge in [-0.1, -0.05) is 0 Å². The number of esters is 1. The highest BCUT2D eigenvalue weighted by Crippen LogP contribution is 2.28. The van der Waals surface area contributed by atoms with Crippen molar-refractivity contribution in [3.05, 3.63) is 29.8 Å². The van der Waals surface area contributed by atoms with E-state index in [0.717, 1.165) is 18.7 Å². The largest absolute Gasteiger partial charge is 0.497 e. The molecule has 0 aliphatic carbocycles. The van der Waals surface area contributed by atoms with Crippen LogP contribution in [0.5, 0.6) is 5.75 Å². The SMILES string of the molecule is C[CH-][N+](CC)(CC)C(C)C(=O)Nc1c(C)cc(OC)cc1C(=O)OCC. The number of hydrogen-bond donors (Lipinski definition) is 1. The summed E-state index contributed by atoms with van der Waals surface area (Å²) in [4.78, 5) is 25.3. The van der Waals surface area contributed by atoms with Crippen LogP contribution in [0, 0.1) is 13.5 Å². The van der Waals surface area contributed by atoms with Crippen molar-refractivity contribution < 1.29 is 23.5 Å². The van der Waals surface area contributed by atoms with E-state index >= 15 is 0 Å². The maximum Gasteiger partial charge on any atom is 0.340 e. The van der Waals surface area contributed by atoms with Gasteiger partial charge in [-0.05, 0) is 52.3 Å². The van der Waals surface area contributed by atoms with E-state index in [-0.39, 0.29) is 18.6 Å². The lowest BCUT2D eigenvalue weighted by Gasteiger charge is -2.49. The van der Waals surface area contributed by atoms with Gasteiger partial charge in [-0.15, -0.1) is 13.5 Å². The van der Waals surface area contributed by atoms with Crippen LogP contribution in [0.1, 0.15) is 50.5 Å². The number of aryl methyl sites for hydroxylation is 1. The zero-order valence-corrected chi connectivity index (χ0v) is 17.0. The van der Waals surface area contributed by atoms with Crippen LogP contribution in [0.25, 0.3) is 0 Å². The molecule has 1 aromatic carbocycles. The van der Waals surface area contributed by atoms with Crippen LogP contribution in [0.3, 0.4) is 0 Å². The van der Waals surface area contributed by atoms with Gasteiger partial charge < -0.3 is 19.3 Å². The number of ether oxygens (including phenoxy) is 2. The Morgan fingerprint density at radius 1 is 1.23 bits per heavy atom. The summed E-state index contributed by atoms with van der Waals surface area (Å²) in [5.41, 5.74) is 1.53. The summed E-state index contributed by atoms with van der Waals surface area (Å²) in [6, 6.07) is 3.10. The van der Waals surface area contributed by atoms with Crippen molar-refractivity contribution in [2.75, 3.05) is 32.1 Å². The molecule has 0 heterocycles. The smallest absolute Gasteiger partial charge is 0.340 e. The molecule has 6 nitrogen and oxygen atoms in total. The van der Waals surface area contributed by atoms with E-state index in [1.54, 1.807) is 19.1 Å². The molecule has 26 heavy (non-hydrogen) atoms. The van der Waals surface area contributed by atoms with Gasteiger partial charge in [0.1, 0.15) is 11.8 Å². The van der Waals surface area contributed by atoms with Crippen LogP contribution in [0.2, 0.25) is 0 Å². The minimum absolute atomic E-state index is 0.134. The number of likely N-dealkylation sites (N-methyl/N-ethyl adjacent to an activating group) is 1. The minimum Gasteiger partial charge on any atom is -0.497 e. The summed E-state index contributed by atoms with van der Waals surface area (Å²) >= 11 is 0. The van der Waals surface area contributed by atoms with Crippen molar-refractivity contribution in [3.63, 3.8) is 0 Å². The molecule has 1 atom stereocenters. The first kappa shape index (κ1) is 22.0. The van der Waals surface area contributed by atoms with E-state index < -0.39 is 5.97 Å². The Morgan fingerprint density at radius 3 is 2.31 bits per heavy atom. The van der Waals surface area contributed by atoms with Gasteiger partial charge in [-0.25, -0.2) is 4.79 Å². The molecule has 0 radical (unpaired) electrons. The van der Waals surface area contributed by atoms with Crippen LogP contribution in [0.4, 0.5) is 5.69 Å².